The Labute approximate surface area is 192 Å². The summed E-state index contributed by atoms with van der Waals surface area (Å²) in [5.74, 6) is 1.77. The Kier molecular flexibility index (Phi) is 8.53. The highest BCUT2D eigenvalue weighted by Gasteiger charge is 2.29. The molecule has 6 nitrogen and oxygen atoms in total. The number of carbonyl (C=O) groups is 1. The fourth-order valence-corrected chi connectivity index (χ4v) is 4.33. The van der Waals surface area contributed by atoms with Gasteiger partial charge < -0.3 is 19.1 Å². The van der Waals surface area contributed by atoms with Crippen LogP contribution in [0.5, 0.6) is 11.5 Å². The molecule has 1 amide bonds. The molecular weight excluding hydrogens is 404 g/mol. The molecule has 0 spiro atoms. The summed E-state index contributed by atoms with van der Waals surface area (Å²) in [6.45, 7) is 7.31. The molecule has 0 unspecified atom stereocenters. The van der Waals surface area contributed by atoms with E-state index in [1.165, 1.54) is 11.1 Å². The second kappa shape index (κ2) is 11.3. The first-order chi connectivity index (χ1) is 15.5. The number of piperidine rings is 1. The van der Waals surface area contributed by atoms with Gasteiger partial charge in [0.1, 0.15) is 6.61 Å². The summed E-state index contributed by atoms with van der Waals surface area (Å²) >= 11 is 0. The van der Waals surface area contributed by atoms with Gasteiger partial charge in [0.15, 0.2) is 11.5 Å². The van der Waals surface area contributed by atoms with Crippen molar-refractivity contribution in [3.63, 3.8) is 0 Å². The zero-order valence-electron chi connectivity index (χ0n) is 20.0. The molecule has 1 heterocycles. The van der Waals surface area contributed by atoms with E-state index in [2.05, 4.69) is 43.0 Å². The van der Waals surface area contributed by atoms with E-state index < -0.39 is 0 Å². The Balaban J connectivity index is 1.69. The molecule has 0 N–H and O–H groups in total. The number of rotatable bonds is 9. The van der Waals surface area contributed by atoms with Crippen LogP contribution in [0.1, 0.15) is 43.7 Å². The molecule has 174 valence electrons. The van der Waals surface area contributed by atoms with Gasteiger partial charge in [-0.15, -0.1) is 0 Å². The van der Waals surface area contributed by atoms with Gasteiger partial charge in [-0.2, -0.15) is 0 Å². The van der Waals surface area contributed by atoms with E-state index in [0.29, 0.717) is 17.4 Å². The van der Waals surface area contributed by atoms with Crippen molar-refractivity contribution < 1.29 is 19.0 Å². The van der Waals surface area contributed by atoms with Crippen molar-refractivity contribution in [2.24, 2.45) is 0 Å². The Morgan fingerprint density at radius 3 is 2.22 bits per heavy atom. The predicted octanol–water partition coefficient (Wildman–Crippen LogP) is 4.47. The minimum atomic E-state index is -0.0394. The molecule has 32 heavy (non-hydrogen) atoms. The molecule has 3 rings (SSSR count). The quantitative estimate of drug-likeness (QED) is 0.576. The maximum Gasteiger partial charge on any atom is 0.253 e. The van der Waals surface area contributed by atoms with Crippen LogP contribution < -0.4 is 14.4 Å². The zero-order valence-corrected chi connectivity index (χ0v) is 20.0. The Morgan fingerprint density at radius 2 is 1.66 bits per heavy atom. The average molecular weight is 441 g/mol. The van der Waals surface area contributed by atoms with Crippen LogP contribution in [0.4, 0.5) is 5.69 Å². The normalized spacial score (nSPS) is 15.1. The minimum Gasteiger partial charge on any atom is -0.493 e. The highest BCUT2D eigenvalue weighted by Crippen LogP contribution is 2.34. The number of anilines is 1. The SMILES string of the molecule is COCC(=O)N(c1ccc(OC)c(OC)c1)C1CCN(Cc2ccc(C(C)C)cc2)CC1. The lowest BCUT2D eigenvalue weighted by molar-refractivity contribution is -0.122. The second-order valence-electron chi connectivity index (χ2n) is 8.64. The maximum absolute atomic E-state index is 13.0. The van der Waals surface area contributed by atoms with Gasteiger partial charge in [0.25, 0.3) is 5.91 Å². The van der Waals surface area contributed by atoms with Gasteiger partial charge in [-0.1, -0.05) is 38.1 Å². The van der Waals surface area contributed by atoms with Crippen LogP contribution >= 0.6 is 0 Å². The average Bonchev–Trinajstić information content (AvgIpc) is 2.80. The monoisotopic (exact) mass is 440 g/mol. The standard InChI is InChI=1S/C26H36N2O4/c1-19(2)21-8-6-20(7-9-21)17-27-14-12-22(13-15-27)28(26(29)18-30-3)23-10-11-24(31-4)25(16-23)32-5/h6-11,16,19,22H,12-15,17-18H2,1-5H3. The third-order valence-electron chi connectivity index (χ3n) is 6.16. The van der Waals surface area contributed by atoms with Gasteiger partial charge in [-0.25, -0.2) is 0 Å². The van der Waals surface area contributed by atoms with Crippen LogP contribution in [0.2, 0.25) is 0 Å². The number of hydrogen-bond acceptors (Lipinski definition) is 5. The summed E-state index contributed by atoms with van der Waals surface area (Å²) in [7, 11) is 4.77. The number of likely N-dealkylation sites (tertiary alicyclic amines) is 1. The lowest BCUT2D eigenvalue weighted by atomic mass is 9.99. The van der Waals surface area contributed by atoms with Crippen molar-refractivity contribution in [1.29, 1.82) is 0 Å². The molecule has 0 saturated carbocycles. The van der Waals surface area contributed by atoms with E-state index >= 15 is 0 Å². The lowest BCUT2D eigenvalue weighted by Gasteiger charge is -2.38. The number of amides is 1. The number of benzene rings is 2. The van der Waals surface area contributed by atoms with Crippen LogP contribution in [0, 0.1) is 0 Å². The topological polar surface area (TPSA) is 51.2 Å². The third-order valence-corrected chi connectivity index (χ3v) is 6.16. The number of methoxy groups -OCH3 is 3. The van der Waals surface area contributed by atoms with Crippen molar-refractivity contribution in [1.82, 2.24) is 4.90 Å². The number of nitrogens with zero attached hydrogens (tertiary/aromatic N) is 2. The largest absolute Gasteiger partial charge is 0.493 e. The van der Waals surface area contributed by atoms with Crippen molar-refractivity contribution in [3.8, 4) is 11.5 Å². The first-order valence-electron chi connectivity index (χ1n) is 11.3. The van der Waals surface area contributed by atoms with Crippen LogP contribution in [0.3, 0.4) is 0 Å². The van der Waals surface area contributed by atoms with Crippen molar-refractivity contribution in [2.75, 3.05) is 45.9 Å². The molecular formula is C26H36N2O4. The zero-order chi connectivity index (χ0) is 23.1. The first-order valence-corrected chi connectivity index (χ1v) is 11.3. The minimum absolute atomic E-state index is 0.0394. The van der Waals surface area contributed by atoms with Crippen LogP contribution in [0.25, 0.3) is 0 Å². The molecule has 2 aromatic carbocycles. The number of carbonyl (C=O) groups excluding carboxylic acids is 1. The van der Waals surface area contributed by atoms with Crippen molar-refractivity contribution in [2.45, 2.75) is 45.2 Å². The highest BCUT2D eigenvalue weighted by atomic mass is 16.5. The molecule has 2 aromatic rings. The summed E-state index contributed by atoms with van der Waals surface area (Å²) < 4.78 is 16.0. The van der Waals surface area contributed by atoms with Gasteiger partial charge in [-0.05, 0) is 42.0 Å². The Bertz CT molecular complexity index is 874. The Hall–Kier alpha value is -2.57. The maximum atomic E-state index is 13.0. The first kappa shape index (κ1) is 24.1. The van der Waals surface area contributed by atoms with E-state index in [0.717, 1.165) is 38.2 Å². The second-order valence-corrected chi connectivity index (χ2v) is 8.64. The van der Waals surface area contributed by atoms with E-state index in [1.54, 1.807) is 21.3 Å². The molecule has 1 aliphatic heterocycles. The summed E-state index contributed by atoms with van der Waals surface area (Å²) in [6, 6.07) is 14.7. The predicted molar refractivity (Wildman–Crippen MR) is 128 cm³/mol. The molecule has 0 aromatic heterocycles. The van der Waals surface area contributed by atoms with Gasteiger partial charge >= 0.3 is 0 Å². The molecule has 0 atom stereocenters. The molecule has 0 aliphatic carbocycles. The number of hydrogen-bond donors (Lipinski definition) is 0. The molecule has 1 fully saturated rings. The van der Waals surface area contributed by atoms with E-state index in [1.807, 2.05) is 23.1 Å². The summed E-state index contributed by atoms with van der Waals surface area (Å²) in [4.78, 5) is 17.3. The summed E-state index contributed by atoms with van der Waals surface area (Å²) in [6.07, 6.45) is 1.82. The van der Waals surface area contributed by atoms with Gasteiger partial charge in [0, 0.05) is 44.5 Å². The van der Waals surface area contributed by atoms with E-state index in [4.69, 9.17) is 14.2 Å². The van der Waals surface area contributed by atoms with Crippen LogP contribution in [-0.4, -0.2) is 57.9 Å². The summed E-state index contributed by atoms with van der Waals surface area (Å²) in [5, 5.41) is 0. The van der Waals surface area contributed by atoms with Crippen molar-refractivity contribution >= 4 is 11.6 Å². The fourth-order valence-electron chi connectivity index (χ4n) is 4.33. The Morgan fingerprint density at radius 1 is 1.00 bits per heavy atom. The number of ether oxygens (including phenoxy) is 3. The molecule has 1 aliphatic rings. The smallest absolute Gasteiger partial charge is 0.253 e. The van der Waals surface area contributed by atoms with Crippen molar-refractivity contribution in [3.05, 3.63) is 53.6 Å². The molecule has 0 bridgehead atoms. The van der Waals surface area contributed by atoms with Gasteiger partial charge in [-0.3, -0.25) is 9.69 Å². The van der Waals surface area contributed by atoms with E-state index in [9.17, 15) is 4.79 Å². The fraction of sp³-hybridized carbons (Fsp3) is 0.500. The van der Waals surface area contributed by atoms with Crippen LogP contribution in [-0.2, 0) is 16.1 Å². The third kappa shape index (κ3) is 5.81. The van der Waals surface area contributed by atoms with Gasteiger partial charge in [0.2, 0.25) is 0 Å². The summed E-state index contributed by atoms with van der Waals surface area (Å²) in [5.41, 5.74) is 3.52. The van der Waals surface area contributed by atoms with Crippen LogP contribution in [0.15, 0.2) is 42.5 Å². The lowest BCUT2D eigenvalue weighted by Crippen LogP contribution is -2.48. The molecule has 1 saturated heterocycles. The highest BCUT2D eigenvalue weighted by molar-refractivity contribution is 5.95. The molecule has 6 heteroatoms. The van der Waals surface area contributed by atoms with E-state index in [-0.39, 0.29) is 18.6 Å². The van der Waals surface area contributed by atoms with Gasteiger partial charge in [0.05, 0.1) is 14.2 Å². The molecule has 0 radical (unpaired) electrons.